The SMILES string of the molecule is COc1ccc(S(=O)(=O)NC(C(=O)OCC(=O)N(CCC#N)CCC#N)C(C)C)cc1. The Morgan fingerprint density at radius 2 is 1.65 bits per heavy atom. The van der Waals surface area contributed by atoms with E-state index in [1.54, 1.807) is 13.8 Å². The Kier molecular flexibility index (Phi) is 10.5. The summed E-state index contributed by atoms with van der Waals surface area (Å²) in [5.41, 5.74) is 0. The summed E-state index contributed by atoms with van der Waals surface area (Å²) in [6, 6.07) is 8.24. The number of nitriles is 2. The second-order valence-corrected chi connectivity index (χ2v) is 8.54. The topological polar surface area (TPSA) is 150 Å². The third-order valence-electron chi connectivity index (χ3n) is 4.25. The van der Waals surface area contributed by atoms with E-state index in [4.69, 9.17) is 20.0 Å². The van der Waals surface area contributed by atoms with Gasteiger partial charge in [0.15, 0.2) is 6.61 Å². The predicted octanol–water partition coefficient (Wildman–Crippen LogP) is 1.20. The van der Waals surface area contributed by atoms with Crippen LogP contribution < -0.4 is 9.46 Å². The lowest BCUT2D eigenvalue weighted by molar-refractivity contribution is -0.154. The van der Waals surface area contributed by atoms with Crippen molar-refractivity contribution in [2.24, 2.45) is 5.92 Å². The van der Waals surface area contributed by atoms with Crippen molar-refractivity contribution >= 4 is 21.9 Å². The number of carbonyl (C=O) groups is 2. The fourth-order valence-electron chi connectivity index (χ4n) is 2.49. The highest BCUT2D eigenvalue weighted by atomic mass is 32.2. The van der Waals surface area contributed by atoms with E-state index < -0.39 is 40.5 Å². The van der Waals surface area contributed by atoms with Crippen molar-refractivity contribution < 1.29 is 27.5 Å². The molecule has 0 aliphatic heterocycles. The van der Waals surface area contributed by atoms with Crippen molar-refractivity contribution in [1.82, 2.24) is 9.62 Å². The lowest BCUT2D eigenvalue weighted by Crippen LogP contribution is -2.46. The number of benzene rings is 1. The third kappa shape index (κ3) is 8.24. The number of nitrogens with zero attached hydrogens (tertiary/aromatic N) is 3. The van der Waals surface area contributed by atoms with Crippen LogP contribution in [0.5, 0.6) is 5.75 Å². The molecule has 1 N–H and O–H groups in total. The highest BCUT2D eigenvalue weighted by Gasteiger charge is 2.30. The van der Waals surface area contributed by atoms with E-state index in [1.165, 1.54) is 36.3 Å². The molecule has 0 radical (unpaired) electrons. The first-order chi connectivity index (χ1) is 14.7. The zero-order valence-electron chi connectivity index (χ0n) is 17.7. The Balaban J connectivity index is 2.83. The third-order valence-corrected chi connectivity index (χ3v) is 5.71. The average molecular weight is 451 g/mol. The number of sulfonamides is 1. The zero-order chi connectivity index (χ0) is 23.4. The van der Waals surface area contributed by atoms with Gasteiger partial charge in [-0.2, -0.15) is 15.2 Å². The quantitative estimate of drug-likeness (QED) is 0.467. The number of amides is 1. The highest BCUT2D eigenvalue weighted by Crippen LogP contribution is 2.17. The smallest absolute Gasteiger partial charge is 0.324 e. The number of carbonyl (C=O) groups excluding carboxylic acids is 2. The number of hydrogen-bond acceptors (Lipinski definition) is 8. The van der Waals surface area contributed by atoms with Crippen LogP contribution in [0.1, 0.15) is 26.7 Å². The Labute approximate surface area is 182 Å². The van der Waals surface area contributed by atoms with Crippen molar-refractivity contribution in [1.29, 1.82) is 10.5 Å². The summed E-state index contributed by atoms with van der Waals surface area (Å²) in [5.74, 6) is -1.45. The number of rotatable bonds is 12. The Bertz CT molecular complexity index is 914. The molecular formula is C20H26N4O6S. The van der Waals surface area contributed by atoms with Gasteiger partial charge in [-0.3, -0.25) is 9.59 Å². The van der Waals surface area contributed by atoms with Crippen LogP contribution in [0.3, 0.4) is 0 Å². The van der Waals surface area contributed by atoms with E-state index >= 15 is 0 Å². The molecule has 10 nitrogen and oxygen atoms in total. The normalized spacial score (nSPS) is 11.8. The van der Waals surface area contributed by atoms with Gasteiger partial charge in [0.05, 0.1) is 37.0 Å². The van der Waals surface area contributed by atoms with Gasteiger partial charge in [0.2, 0.25) is 10.0 Å². The van der Waals surface area contributed by atoms with Gasteiger partial charge in [0, 0.05) is 13.1 Å². The molecular weight excluding hydrogens is 424 g/mol. The summed E-state index contributed by atoms with van der Waals surface area (Å²) >= 11 is 0. The summed E-state index contributed by atoms with van der Waals surface area (Å²) in [4.78, 5) is 26.0. The fraction of sp³-hybridized carbons (Fsp3) is 0.500. The maximum Gasteiger partial charge on any atom is 0.324 e. The maximum atomic E-state index is 12.6. The van der Waals surface area contributed by atoms with Gasteiger partial charge in [-0.05, 0) is 30.2 Å². The van der Waals surface area contributed by atoms with Crippen LogP contribution in [-0.4, -0.2) is 58.0 Å². The molecule has 0 aliphatic carbocycles. The van der Waals surface area contributed by atoms with E-state index in [0.717, 1.165) is 0 Å². The molecule has 1 rings (SSSR count). The van der Waals surface area contributed by atoms with Crippen LogP contribution in [0, 0.1) is 28.6 Å². The molecule has 11 heteroatoms. The summed E-state index contributed by atoms with van der Waals surface area (Å²) in [7, 11) is -2.57. The van der Waals surface area contributed by atoms with E-state index in [2.05, 4.69) is 4.72 Å². The molecule has 1 amide bonds. The Morgan fingerprint density at radius 1 is 1.10 bits per heavy atom. The van der Waals surface area contributed by atoms with Crippen LogP contribution in [0.4, 0.5) is 0 Å². The highest BCUT2D eigenvalue weighted by molar-refractivity contribution is 7.89. The molecule has 0 spiro atoms. The number of methoxy groups -OCH3 is 1. The van der Waals surface area contributed by atoms with Crippen LogP contribution in [0.2, 0.25) is 0 Å². The van der Waals surface area contributed by atoms with Gasteiger partial charge in [-0.15, -0.1) is 0 Å². The van der Waals surface area contributed by atoms with Gasteiger partial charge >= 0.3 is 5.97 Å². The lowest BCUT2D eigenvalue weighted by Gasteiger charge is -2.23. The average Bonchev–Trinajstić information content (AvgIpc) is 2.75. The second kappa shape index (κ2) is 12.5. The molecule has 0 heterocycles. The van der Waals surface area contributed by atoms with Crippen molar-refractivity contribution in [3.63, 3.8) is 0 Å². The second-order valence-electron chi connectivity index (χ2n) is 6.82. The molecule has 0 saturated carbocycles. The van der Waals surface area contributed by atoms with Gasteiger partial charge in [0.1, 0.15) is 11.8 Å². The molecule has 1 atom stereocenters. The lowest BCUT2D eigenvalue weighted by atomic mass is 10.1. The van der Waals surface area contributed by atoms with Gasteiger partial charge in [-0.1, -0.05) is 13.8 Å². The minimum atomic E-state index is -4.03. The number of nitrogens with one attached hydrogen (secondary N) is 1. The van der Waals surface area contributed by atoms with E-state index in [1.807, 2.05) is 12.1 Å². The van der Waals surface area contributed by atoms with Crippen molar-refractivity contribution in [2.75, 3.05) is 26.8 Å². The molecule has 0 saturated heterocycles. The molecule has 1 unspecified atom stereocenters. The van der Waals surface area contributed by atoms with E-state index in [9.17, 15) is 18.0 Å². The number of hydrogen-bond donors (Lipinski definition) is 1. The minimum Gasteiger partial charge on any atom is -0.497 e. The largest absolute Gasteiger partial charge is 0.497 e. The first kappa shape index (κ1) is 25.9. The van der Waals surface area contributed by atoms with Crippen molar-refractivity contribution in [3.8, 4) is 17.9 Å². The molecule has 0 aromatic heterocycles. The summed E-state index contributed by atoms with van der Waals surface area (Å²) in [6.07, 6.45) is 0.142. The Morgan fingerprint density at radius 3 is 2.10 bits per heavy atom. The zero-order valence-corrected chi connectivity index (χ0v) is 18.5. The van der Waals surface area contributed by atoms with Crippen LogP contribution in [-0.2, 0) is 24.3 Å². The van der Waals surface area contributed by atoms with Gasteiger partial charge in [-0.25, -0.2) is 8.42 Å². The van der Waals surface area contributed by atoms with Crippen molar-refractivity contribution in [3.05, 3.63) is 24.3 Å². The van der Waals surface area contributed by atoms with Gasteiger partial charge < -0.3 is 14.4 Å². The Hall–Kier alpha value is -3.15. The summed E-state index contributed by atoms with van der Waals surface area (Å²) < 4.78 is 37.6. The van der Waals surface area contributed by atoms with Crippen molar-refractivity contribution in [2.45, 2.75) is 37.6 Å². The molecule has 168 valence electrons. The molecule has 0 bridgehead atoms. The van der Waals surface area contributed by atoms with Gasteiger partial charge in [0.25, 0.3) is 5.91 Å². The van der Waals surface area contributed by atoms with E-state index in [-0.39, 0.29) is 30.8 Å². The van der Waals surface area contributed by atoms with Crippen LogP contribution >= 0.6 is 0 Å². The molecule has 0 aliphatic rings. The number of ether oxygens (including phenoxy) is 2. The molecule has 31 heavy (non-hydrogen) atoms. The van der Waals surface area contributed by atoms with Crippen LogP contribution in [0.25, 0.3) is 0 Å². The first-order valence-electron chi connectivity index (χ1n) is 9.51. The monoisotopic (exact) mass is 450 g/mol. The maximum absolute atomic E-state index is 12.6. The molecule has 1 aromatic carbocycles. The molecule has 0 fully saturated rings. The predicted molar refractivity (Wildman–Crippen MR) is 110 cm³/mol. The van der Waals surface area contributed by atoms with Crippen LogP contribution in [0.15, 0.2) is 29.2 Å². The fourth-order valence-corrected chi connectivity index (χ4v) is 3.82. The minimum absolute atomic E-state index is 0.0537. The summed E-state index contributed by atoms with van der Waals surface area (Å²) in [6.45, 7) is 2.86. The van der Waals surface area contributed by atoms with E-state index in [0.29, 0.717) is 5.75 Å². The molecule has 1 aromatic rings. The summed E-state index contributed by atoms with van der Waals surface area (Å²) in [5, 5.41) is 17.4. The standard InChI is InChI=1S/C20H26N4O6S/c1-15(2)19(23-31(27,28)17-8-6-16(29-3)7-9-17)20(26)30-14-18(25)24(12-4-10-21)13-5-11-22/h6-9,15,19,23H,4-5,12-14H2,1-3H3. The number of esters is 1. The first-order valence-corrected chi connectivity index (χ1v) is 11.0.